The Kier molecular flexibility index (Phi) is 4.02. The van der Waals surface area contributed by atoms with E-state index in [1.165, 1.54) is 17.0 Å². The standard InChI is InChI=1S/C16H17FN2O4/c17-12-8-13-10(1-2-14(20)18-13)7-11(12)15(21)19-5-3-9(4-6-19)16(22)23/h7-9H,1-6H2,(H,18,20)(H,22,23). The highest BCUT2D eigenvalue weighted by molar-refractivity contribution is 5.98. The zero-order valence-corrected chi connectivity index (χ0v) is 12.5. The number of piperidine rings is 1. The second kappa shape index (κ2) is 5.98. The minimum Gasteiger partial charge on any atom is -0.481 e. The third-order valence-electron chi connectivity index (χ3n) is 4.45. The van der Waals surface area contributed by atoms with E-state index in [0.717, 1.165) is 5.56 Å². The van der Waals surface area contributed by atoms with Crippen molar-refractivity contribution in [1.29, 1.82) is 0 Å². The van der Waals surface area contributed by atoms with E-state index in [2.05, 4.69) is 5.32 Å². The van der Waals surface area contributed by atoms with Gasteiger partial charge in [-0.2, -0.15) is 0 Å². The topological polar surface area (TPSA) is 86.7 Å². The minimum atomic E-state index is -0.854. The first kappa shape index (κ1) is 15.5. The largest absolute Gasteiger partial charge is 0.481 e. The number of hydrogen-bond acceptors (Lipinski definition) is 3. The number of halogens is 1. The van der Waals surface area contributed by atoms with Crippen LogP contribution in [0.4, 0.5) is 10.1 Å². The predicted molar refractivity (Wildman–Crippen MR) is 79.6 cm³/mol. The summed E-state index contributed by atoms with van der Waals surface area (Å²) in [6.45, 7) is 0.617. The molecule has 0 spiro atoms. The Balaban J connectivity index is 1.78. The number of aryl methyl sites for hydroxylation is 1. The van der Waals surface area contributed by atoms with Gasteiger partial charge in [0.1, 0.15) is 5.82 Å². The molecule has 3 rings (SSSR count). The van der Waals surface area contributed by atoms with Crippen LogP contribution in [0.25, 0.3) is 0 Å². The van der Waals surface area contributed by atoms with Crippen molar-refractivity contribution in [1.82, 2.24) is 4.90 Å². The Hall–Kier alpha value is -2.44. The molecule has 122 valence electrons. The van der Waals surface area contributed by atoms with Crippen molar-refractivity contribution in [3.8, 4) is 0 Å². The first-order chi connectivity index (χ1) is 11.0. The average molecular weight is 320 g/mol. The van der Waals surface area contributed by atoms with Gasteiger partial charge >= 0.3 is 5.97 Å². The fraction of sp³-hybridized carbons (Fsp3) is 0.438. The van der Waals surface area contributed by atoms with Gasteiger partial charge in [-0.25, -0.2) is 4.39 Å². The Morgan fingerprint density at radius 3 is 2.57 bits per heavy atom. The quantitative estimate of drug-likeness (QED) is 0.867. The molecule has 0 aromatic heterocycles. The van der Waals surface area contributed by atoms with Crippen LogP contribution in [0.1, 0.15) is 35.2 Å². The second-order valence-corrected chi connectivity index (χ2v) is 5.94. The van der Waals surface area contributed by atoms with Gasteiger partial charge in [0.25, 0.3) is 5.91 Å². The molecular weight excluding hydrogens is 303 g/mol. The number of rotatable bonds is 2. The molecule has 0 atom stereocenters. The third kappa shape index (κ3) is 3.04. The highest BCUT2D eigenvalue weighted by atomic mass is 19.1. The minimum absolute atomic E-state index is 0.0197. The predicted octanol–water partition coefficient (Wildman–Crippen LogP) is 1.65. The summed E-state index contributed by atoms with van der Waals surface area (Å²) in [4.78, 5) is 36.3. The van der Waals surface area contributed by atoms with Gasteiger partial charge in [0.2, 0.25) is 5.91 Å². The van der Waals surface area contributed by atoms with Gasteiger partial charge in [-0.05, 0) is 37.0 Å². The molecule has 1 aromatic carbocycles. The van der Waals surface area contributed by atoms with Crippen molar-refractivity contribution in [3.63, 3.8) is 0 Å². The highest BCUT2D eigenvalue weighted by Gasteiger charge is 2.29. The number of benzene rings is 1. The van der Waals surface area contributed by atoms with Crippen LogP contribution in [0.5, 0.6) is 0 Å². The zero-order valence-electron chi connectivity index (χ0n) is 12.5. The molecule has 2 heterocycles. The Morgan fingerprint density at radius 2 is 1.91 bits per heavy atom. The lowest BCUT2D eigenvalue weighted by atomic mass is 9.95. The summed E-state index contributed by atoms with van der Waals surface area (Å²) in [6, 6.07) is 2.68. The molecular formula is C16H17FN2O4. The van der Waals surface area contributed by atoms with Crippen molar-refractivity contribution in [2.75, 3.05) is 18.4 Å². The van der Waals surface area contributed by atoms with Crippen molar-refractivity contribution >= 4 is 23.5 Å². The normalized spacial score (nSPS) is 18.3. The van der Waals surface area contributed by atoms with E-state index in [-0.39, 0.29) is 11.5 Å². The molecule has 2 aliphatic rings. The molecule has 0 saturated carbocycles. The molecule has 2 aliphatic heterocycles. The maximum absolute atomic E-state index is 14.2. The van der Waals surface area contributed by atoms with Crippen molar-refractivity contribution in [2.45, 2.75) is 25.7 Å². The SMILES string of the molecule is O=C1CCc2cc(C(=O)N3CCC(C(=O)O)CC3)c(F)cc2N1. The number of carboxylic acid groups (broad SMARTS) is 1. The van der Waals surface area contributed by atoms with Crippen LogP contribution in [-0.2, 0) is 16.0 Å². The van der Waals surface area contributed by atoms with Crippen LogP contribution >= 0.6 is 0 Å². The summed E-state index contributed by atoms with van der Waals surface area (Å²) in [5.74, 6) is -2.55. The molecule has 1 fully saturated rings. The summed E-state index contributed by atoms with van der Waals surface area (Å²) in [6.07, 6.45) is 1.55. The van der Waals surface area contributed by atoms with Crippen molar-refractivity contribution in [3.05, 3.63) is 29.1 Å². The third-order valence-corrected chi connectivity index (χ3v) is 4.45. The van der Waals surface area contributed by atoms with Crippen LogP contribution in [0.3, 0.4) is 0 Å². The monoisotopic (exact) mass is 320 g/mol. The van der Waals surface area contributed by atoms with Gasteiger partial charge in [-0.3, -0.25) is 14.4 Å². The smallest absolute Gasteiger partial charge is 0.306 e. The summed E-state index contributed by atoms with van der Waals surface area (Å²) in [5.41, 5.74) is 1.14. The van der Waals surface area contributed by atoms with Gasteiger partial charge in [-0.15, -0.1) is 0 Å². The lowest BCUT2D eigenvalue weighted by Crippen LogP contribution is -2.40. The lowest BCUT2D eigenvalue weighted by molar-refractivity contribution is -0.143. The Labute approximate surface area is 132 Å². The van der Waals surface area contributed by atoms with E-state index in [1.54, 1.807) is 0 Å². The molecule has 7 heteroatoms. The molecule has 23 heavy (non-hydrogen) atoms. The second-order valence-electron chi connectivity index (χ2n) is 5.94. The van der Waals surface area contributed by atoms with Gasteiger partial charge in [0, 0.05) is 25.2 Å². The number of hydrogen-bond donors (Lipinski definition) is 2. The fourth-order valence-corrected chi connectivity index (χ4v) is 3.07. The number of anilines is 1. The summed E-state index contributed by atoms with van der Waals surface area (Å²) >= 11 is 0. The number of amides is 2. The molecule has 2 N–H and O–H groups in total. The van der Waals surface area contributed by atoms with Gasteiger partial charge in [-0.1, -0.05) is 0 Å². The first-order valence-electron chi connectivity index (χ1n) is 7.60. The number of carbonyl (C=O) groups excluding carboxylic acids is 2. The molecule has 0 bridgehead atoms. The maximum atomic E-state index is 14.2. The van der Waals surface area contributed by atoms with E-state index < -0.39 is 23.6 Å². The number of fused-ring (bicyclic) bond motifs is 1. The van der Waals surface area contributed by atoms with E-state index in [1.807, 2.05) is 0 Å². The molecule has 0 radical (unpaired) electrons. The Morgan fingerprint density at radius 1 is 1.22 bits per heavy atom. The van der Waals surface area contributed by atoms with Crippen LogP contribution < -0.4 is 5.32 Å². The molecule has 0 unspecified atom stereocenters. The van der Waals surface area contributed by atoms with Gasteiger partial charge < -0.3 is 15.3 Å². The average Bonchev–Trinajstić information content (AvgIpc) is 2.53. The van der Waals surface area contributed by atoms with E-state index in [9.17, 15) is 18.8 Å². The lowest BCUT2D eigenvalue weighted by Gasteiger charge is -2.30. The number of nitrogens with one attached hydrogen (secondary N) is 1. The van der Waals surface area contributed by atoms with Crippen LogP contribution in [-0.4, -0.2) is 40.9 Å². The van der Waals surface area contributed by atoms with E-state index >= 15 is 0 Å². The number of likely N-dealkylation sites (tertiary alicyclic amines) is 1. The van der Waals surface area contributed by atoms with Crippen LogP contribution in [0, 0.1) is 11.7 Å². The highest BCUT2D eigenvalue weighted by Crippen LogP contribution is 2.27. The zero-order chi connectivity index (χ0) is 16.6. The van der Waals surface area contributed by atoms with Crippen LogP contribution in [0.15, 0.2) is 12.1 Å². The summed E-state index contributed by atoms with van der Waals surface area (Å²) in [7, 11) is 0. The molecule has 1 aromatic rings. The summed E-state index contributed by atoms with van der Waals surface area (Å²) < 4.78 is 14.2. The number of carbonyl (C=O) groups is 3. The number of carboxylic acids is 1. The number of aliphatic carboxylic acids is 1. The molecule has 0 aliphatic carbocycles. The number of nitrogens with zero attached hydrogens (tertiary/aromatic N) is 1. The summed E-state index contributed by atoms with van der Waals surface area (Å²) in [5, 5.41) is 11.6. The molecule has 2 amide bonds. The first-order valence-corrected chi connectivity index (χ1v) is 7.60. The maximum Gasteiger partial charge on any atom is 0.306 e. The van der Waals surface area contributed by atoms with Crippen molar-refractivity contribution < 1.29 is 23.9 Å². The molecule has 1 saturated heterocycles. The van der Waals surface area contributed by atoms with Crippen LogP contribution in [0.2, 0.25) is 0 Å². The Bertz CT molecular complexity index is 681. The van der Waals surface area contributed by atoms with E-state index in [4.69, 9.17) is 5.11 Å². The van der Waals surface area contributed by atoms with Crippen molar-refractivity contribution in [2.24, 2.45) is 5.92 Å². The molecule has 6 nitrogen and oxygen atoms in total. The van der Waals surface area contributed by atoms with Gasteiger partial charge in [0.15, 0.2) is 0 Å². The van der Waals surface area contributed by atoms with E-state index in [0.29, 0.717) is 44.5 Å². The van der Waals surface area contributed by atoms with Gasteiger partial charge in [0.05, 0.1) is 11.5 Å². The fourth-order valence-electron chi connectivity index (χ4n) is 3.07.